The summed E-state index contributed by atoms with van der Waals surface area (Å²) >= 11 is 5.87. The molecule has 1 rings (SSSR count). The first-order chi connectivity index (χ1) is 9.43. The van der Waals surface area contributed by atoms with Gasteiger partial charge in [0.15, 0.2) is 0 Å². The van der Waals surface area contributed by atoms with Crippen molar-refractivity contribution in [3.8, 4) is 12.3 Å². The van der Waals surface area contributed by atoms with Crippen LogP contribution in [0.15, 0.2) is 24.3 Å². The van der Waals surface area contributed by atoms with Gasteiger partial charge < -0.3 is 14.9 Å². The lowest BCUT2D eigenvalue weighted by molar-refractivity contribution is -0.137. The Labute approximate surface area is 122 Å². The Balaban J connectivity index is 2.73. The summed E-state index contributed by atoms with van der Waals surface area (Å²) in [6.45, 7) is -0.159. The number of nitrogens with zero attached hydrogens (tertiary/aromatic N) is 2. The van der Waals surface area contributed by atoms with Crippen molar-refractivity contribution >= 4 is 23.6 Å². The fraction of sp³-hybridized carbons (Fsp3) is 0.286. The Kier molecular flexibility index (Phi) is 5.88. The lowest BCUT2D eigenvalue weighted by Gasteiger charge is -2.25. The second kappa shape index (κ2) is 7.41. The molecule has 0 atom stereocenters. The van der Waals surface area contributed by atoms with Gasteiger partial charge in [-0.3, -0.25) is 4.79 Å². The first-order valence-corrected chi connectivity index (χ1v) is 6.21. The number of terminal acetylenes is 1. The normalized spacial score (nSPS) is 9.65. The monoisotopic (exact) mass is 294 g/mol. The first kappa shape index (κ1) is 15.9. The molecule has 0 aromatic heterocycles. The maximum absolute atomic E-state index is 12.1. The van der Waals surface area contributed by atoms with Crippen molar-refractivity contribution in [1.29, 1.82) is 0 Å². The minimum absolute atomic E-state index is 0.0506. The molecule has 0 saturated heterocycles. The van der Waals surface area contributed by atoms with Gasteiger partial charge in [-0.1, -0.05) is 29.7 Å². The van der Waals surface area contributed by atoms with Crippen molar-refractivity contribution in [3.05, 3.63) is 34.9 Å². The number of carbonyl (C=O) groups excluding carboxylic acids is 1. The highest BCUT2D eigenvalue weighted by Crippen LogP contribution is 2.12. The van der Waals surface area contributed by atoms with Crippen LogP contribution in [-0.2, 0) is 11.3 Å². The fourth-order valence-electron chi connectivity index (χ4n) is 1.68. The minimum Gasteiger partial charge on any atom is -0.480 e. The van der Waals surface area contributed by atoms with E-state index in [4.69, 9.17) is 23.1 Å². The number of rotatable bonds is 5. The van der Waals surface area contributed by atoms with E-state index in [-0.39, 0.29) is 6.54 Å². The van der Waals surface area contributed by atoms with E-state index >= 15 is 0 Å². The Morgan fingerprint density at radius 3 is 2.70 bits per heavy atom. The van der Waals surface area contributed by atoms with Crippen molar-refractivity contribution < 1.29 is 14.7 Å². The van der Waals surface area contributed by atoms with Crippen LogP contribution in [0.1, 0.15) is 5.56 Å². The number of benzene rings is 1. The van der Waals surface area contributed by atoms with E-state index in [1.54, 1.807) is 25.2 Å². The van der Waals surface area contributed by atoms with Gasteiger partial charge in [0, 0.05) is 18.6 Å². The summed E-state index contributed by atoms with van der Waals surface area (Å²) < 4.78 is 0. The van der Waals surface area contributed by atoms with Gasteiger partial charge in [-0.2, -0.15) is 0 Å². The van der Waals surface area contributed by atoms with Gasteiger partial charge in [-0.25, -0.2) is 4.79 Å². The maximum atomic E-state index is 12.1. The Hall–Kier alpha value is -2.19. The SMILES string of the molecule is C#CCN(CC(=O)O)C(=O)N(C)Cc1cccc(Cl)c1. The quantitative estimate of drug-likeness (QED) is 0.844. The van der Waals surface area contributed by atoms with Crippen LogP contribution in [0.5, 0.6) is 0 Å². The van der Waals surface area contributed by atoms with Crippen LogP contribution in [0.3, 0.4) is 0 Å². The number of aliphatic carboxylic acids is 1. The summed E-state index contributed by atoms with van der Waals surface area (Å²) in [5.41, 5.74) is 0.851. The number of urea groups is 1. The molecule has 106 valence electrons. The molecule has 0 heterocycles. The minimum atomic E-state index is -1.11. The number of hydrogen-bond acceptors (Lipinski definition) is 2. The van der Waals surface area contributed by atoms with Gasteiger partial charge in [0.2, 0.25) is 0 Å². The van der Waals surface area contributed by atoms with E-state index in [0.29, 0.717) is 11.6 Å². The fourth-order valence-corrected chi connectivity index (χ4v) is 1.90. The molecule has 1 N–H and O–H groups in total. The molecule has 1 aromatic carbocycles. The predicted molar refractivity (Wildman–Crippen MR) is 76.4 cm³/mol. The molecular weight excluding hydrogens is 280 g/mol. The molecule has 6 heteroatoms. The van der Waals surface area contributed by atoms with E-state index in [9.17, 15) is 9.59 Å². The molecule has 0 bridgehead atoms. The van der Waals surface area contributed by atoms with Gasteiger partial charge in [0.05, 0.1) is 6.54 Å². The molecule has 20 heavy (non-hydrogen) atoms. The Bertz CT molecular complexity index is 539. The number of amides is 2. The molecule has 5 nitrogen and oxygen atoms in total. The lowest BCUT2D eigenvalue weighted by atomic mass is 10.2. The number of halogens is 1. The van der Waals surface area contributed by atoms with Gasteiger partial charge in [-0.05, 0) is 17.7 Å². The molecule has 0 aliphatic heterocycles. The van der Waals surface area contributed by atoms with Crippen LogP contribution in [0, 0.1) is 12.3 Å². The number of carbonyl (C=O) groups is 2. The van der Waals surface area contributed by atoms with Gasteiger partial charge in [0.1, 0.15) is 6.54 Å². The average Bonchev–Trinajstić information content (AvgIpc) is 2.36. The van der Waals surface area contributed by atoms with Crippen molar-refractivity contribution in [3.63, 3.8) is 0 Å². The zero-order valence-electron chi connectivity index (χ0n) is 11.0. The summed E-state index contributed by atoms with van der Waals surface area (Å²) in [6, 6.07) is 6.66. The summed E-state index contributed by atoms with van der Waals surface area (Å²) in [5.74, 6) is 1.17. The molecule has 0 unspecified atom stereocenters. The highest BCUT2D eigenvalue weighted by atomic mass is 35.5. The molecule has 0 spiro atoms. The predicted octanol–water partition coefficient (Wildman–Crippen LogP) is 1.91. The number of carboxylic acid groups (broad SMARTS) is 1. The molecule has 0 radical (unpaired) electrons. The van der Waals surface area contributed by atoms with Crippen molar-refractivity contribution in [1.82, 2.24) is 9.80 Å². The van der Waals surface area contributed by atoms with Crippen molar-refractivity contribution in [2.75, 3.05) is 20.1 Å². The Morgan fingerprint density at radius 2 is 2.15 bits per heavy atom. The largest absolute Gasteiger partial charge is 0.480 e. The van der Waals surface area contributed by atoms with E-state index < -0.39 is 18.5 Å². The molecule has 0 aliphatic carbocycles. The van der Waals surface area contributed by atoms with Crippen LogP contribution in [0.2, 0.25) is 5.02 Å². The third kappa shape index (κ3) is 4.82. The third-order valence-electron chi connectivity index (χ3n) is 2.51. The van der Waals surface area contributed by atoms with Crippen LogP contribution < -0.4 is 0 Å². The second-order valence-electron chi connectivity index (χ2n) is 4.22. The molecule has 0 saturated carbocycles. The third-order valence-corrected chi connectivity index (χ3v) is 2.75. The van der Waals surface area contributed by atoms with Gasteiger partial charge >= 0.3 is 12.0 Å². The highest BCUT2D eigenvalue weighted by molar-refractivity contribution is 6.30. The first-order valence-electron chi connectivity index (χ1n) is 5.83. The Morgan fingerprint density at radius 1 is 1.45 bits per heavy atom. The van der Waals surface area contributed by atoms with Crippen LogP contribution in [-0.4, -0.2) is 47.0 Å². The molecular formula is C14H15ClN2O3. The maximum Gasteiger partial charge on any atom is 0.323 e. The topological polar surface area (TPSA) is 60.9 Å². The van der Waals surface area contributed by atoms with Gasteiger partial charge in [-0.15, -0.1) is 6.42 Å². The molecule has 0 fully saturated rings. The lowest BCUT2D eigenvalue weighted by Crippen LogP contribution is -2.43. The van der Waals surface area contributed by atoms with Crippen molar-refractivity contribution in [2.45, 2.75) is 6.54 Å². The highest BCUT2D eigenvalue weighted by Gasteiger charge is 2.19. The van der Waals surface area contributed by atoms with E-state index in [2.05, 4.69) is 5.92 Å². The van der Waals surface area contributed by atoms with E-state index in [1.807, 2.05) is 6.07 Å². The number of hydrogen-bond donors (Lipinski definition) is 1. The average molecular weight is 295 g/mol. The second-order valence-corrected chi connectivity index (χ2v) is 4.66. The zero-order valence-corrected chi connectivity index (χ0v) is 11.8. The number of carboxylic acids is 1. The van der Waals surface area contributed by atoms with E-state index in [1.165, 1.54) is 4.90 Å². The van der Waals surface area contributed by atoms with Crippen LogP contribution in [0.25, 0.3) is 0 Å². The summed E-state index contributed by atoms with van der Waals surface area (Å²) in [6.07, 6.45) is 5.14. The molecule has 0 aliphatic rings. The summed E-state index contributed by atoms with van der Waals surface area (Å²) in [7, 11) is 1.58. The van der Waals surface area contributed by atoms with Gasteiger partial charge in [0.25, 0.3) is 0 Å². The van der Waals surface area contributed by atoms with Crippen molar-refractivity contribution in [2.24, 2.45) is 0 Å². The smallest absolute Gasteiger partial charge is 0.323 e. The standard InChI is InChI=1S/C14H15ClN2O3/c1-3-7-17(10-13(18)19)14(20)16(2)9-11-5-4-6-12(15)8-11/h1,4-6,8H,7,9-10H2,2H3,(H,18,19). The molecule has 2 amide bonds. The summed E-state index contributed by atoms with van der Waals surface area (Å²) in [4.78, 5) is 25.3. The summed E-state index contributed by atoms with van der Waals surface area (Å²) in [5, 5.41) is 9.35. The van der Waals surface area contributed by atoms with E-state index in [0.717, 1.165) is 10.5 Å². The zero-order chi connectivity index (χ0) is 15.1. The van der Waals surface area contributed by atoms with Crippen LogP contribution >= 0.6 is 11.6 Å². The molecule has 1 aromatic rings. The van der Waals surface area contributed by atoms with Crippen LogP contribution in [0.4, 0.5) is 4.79 Å².